The van der Waals surface area contributed by atoms with Crippen LogP contribution in [0.5, 0.6) is 17.2 Å². The SMILES string of the molecule is COc1cc(C(=O)N[C@@H](C)c2ccco2)cc2c1OCCO2. The Morgan fingerprint density at radius 3 is 2.86 bits per heavy atom. The van der Waals surface area contributed by atoms with Crippen molar-refractivity contribution in [3.8, 4) is 17.2 Å². The van der Waals surface area contributed by atoms with Crippen molar-refractivity contribution in [1.82, 2.24) is 5.32 Å². The van der Waals surface area contributed by atoms with E-state index in [9.17, 15) is 4.79 Å². The lowest BCUT2D eigenvalue weighted by molar-refractivity contribution is 0.0933. The number of hydrogen-bond donors (Lipinski definition) is 1. The minimum atomic E-state index is -0.237. The number of methoxy groups -OCH3 is 1. The Kier molecular flexibility index (Phi) is 3.91. The van der Waals surface area contributed by atoms with Gasteiger partial charge in [-0.2, -0.15) is 0 Å². The number of ether oxygens (including phenoxy) is 3. The van der Waals surface area contributed by atoms with Crippen LogP contribution in [0.25, 0.3) is 0 Å². The normalized spacial score (nSPS) is 14.3. The molecule has 1 atom stereocenters. The van der Waals surface area contributed by atoms with Crippen LogP contribution >= 0.6 is 0 Å². The Balaban J connectivity index is 1.83. The maximum atomic E-state index is 12.4. The van der Waals surface area contributed by atoms with Gasteiger partial charge in [0.15, 0.2) is 11.5 Å². The first-order valence-electron chi connectivity index (χ1n) is 7.01. The molecule has 1 aliphatic rings. The van der Waals surface area contributed by atoms with Gasteiger partial charge < -0.3 is 23.9 Å². The summed E-state index contributed by atoms with van der Waals surface area (Å²) in [4.78, 5) is 12.4. The standard InChI is InChI=1S/C16H17NO5/c1-10(12-4-3-5-20-12)17-16(18)11-8-13(19-2)15-14(9-11)21-6-7-22-15/h3-5,8-10H,6-7H2,1-2H3,(H,17,18)/t10-/m0/s1. The van der Waals surface area contributed by atoms with Gasteiger partial charge in [0, 0.05) is 5.56 Å². The summed E-state index contributed by atoms with van der Waals surface area (Å²) in [7, 11) is 1.53. The van der Waals surface area contributed by atoms with Crippen LogP contribution in [0.15, 0.2) is 34.9 Å². The molecule has 0 bridgehead atoms. The Hall–Kier alpha value is -2.63. The van der Waals surface area contributed by atoms with Gasteiger partial charge in [-0.15, -0.1) is 0 Å². The van der Waals surface area contributed by atoms with Crippen molar-refractivity contribution in [2.24, 2.45) is 0 Å². The molecule has 1 N–H and O–H groups in total. The molecule has 1 aromatic heterocycles. The summed E-state index contributed by atoms with van der Waals surface area (Å²) in [6.07, 6.45) is 1.57. The molecule has 2 heterocycles. The van der Waals surface area contributed by atoms with Crippen LogP contribution in [0.1, 0.15) is 29.1 Å². The molecule has 0 radical (unpaired) electrons. The largest absolute Gasteiger partial charge is 0.493 e. The Morgan fingerprint density at radius 1 is 1.32 bits per heavy atom. The van der Waals surface area contributed by atoms with Gasteiger partial charge >= 0.3 is 0 Å². The van der Waals surface area contributed by atoms with E-state index in [1.54, 1.807) is 24.5 Å². The van der Waals surface area contributed by atoms with Crippen molar-refractivity contribution >= 4 is 5.91 Å². The summed E-state index contributed by atoms with van der Waals surface area (Å²) < 4.78 is 21.6. The second-order valence-corrected chi connectivity index (χ2v) is 4.91. The fourth-order valence-electron chi connectivity index (χ4n) is 2.29. The summed E-state index contributed by atoms with van der Waals surface area (Å²) in [6.45, 7) is 2.76. The van der Waals surface area contributed by atoms with Crippen molar-refractivity contribution in [2.45, 2.75) is 13.0 Å². The first kappa shape index (κ1) is 14.3. The highest BCUT2D eigenvalue weighted by atomic mass is 16.6. The summed E-state index contributed by atoms with van der Waals surface area (Å²) in [5, 5.41) is 2.87. The zero-order valence-electron chi connectivity index (χ0n) is 12.4. The van der Waals surface area contributed by atoms with Crippen molar-refractivity contribution in [3.63, 3.8) is 0 Å². The lowest BCUT2D eigenvalue weighted by Crippen LogP contribution is -2.26. The third-order valence-corrected chi connectivity index (χ3v) is 3.41. The number of furan rings is 1. The van der Waals surface area contributed by atoms with Crippen molar-refractivity contribution in [3.05, 3.63) is 41.9 Å². The summed E-state index contributed by atoms with van der Waals surface area (Å²) >= 11 is 0. The van der Waals surface area contributed by atoms with Gasteiger partial charge in [0.25, 0.3) is 5.91 Å². The predicted octanol–water partition coefficient (Wildman–Crippen LogP) is 2.55. The molecule has 2 aromatic rings. The fraction of sp³-hybridized carbons (Fsp3) is 0.312. The van der Waals surface area contributed by atoms with Gasteiger partial charge in [-0.1, -0.05) is 0 Å². The molecule has 6 nitrogen and oxygen atoms in total. The van der Waals surface area contributed by atoms with E-state index in [4.69, 9.17) is 18.6 Å². The fourth-order valence-corrected chi connectivity index (χ4v) is 2.29. The minimum Gasteiger partial charge on any atom is -0.493 e. The molecule has 116 valence electrons. The quantitative estimate of drug-likeness (QED) is 0.940. The van der Waals surface area contributed by atoms with Gasteiger partial charge in [0.2, 0.25) is 5.75 Å². The maximum absolute atomic E-state index is 12.4. The molecule has 0 aliphatic carbocycles. The van der Waals surface area contributed by atoms with Gasteiger partial charge in [0.1, 0.15) is 19.0 Å². The van der Waals surface area contributed by atoms with Crippen LogP contribution in [0.2, 0.25) is 0 Å². The van der Waals surface area contributed by atoms with Gasteiger partial charge in [-0.25, -0.2) is 0 Å². The van der Waals surface area contributed by atoms with Crippen LogP contribution in [-0.2, 0) is 0 Å². The molecule has 0 saturated carbocycles. The monoisotopic (exact) mass is 303 g/mol. The van der Waals surface area contributed by atoms with Gasteiger partial charge in [-0.05, 0) is 31.2 Å². The summed E-state index contributed by atoms with van der Waals surface area (Å²) in [5.41, 5.74) is 0.444. The van der Waals surface area contributed by atoms with Gasteiger partial charge in [-0.3, -0.25) is 4.79 Å². The zero-order chi connectivity index (χ0) is 15.5. The number of benzene rings is 1. The number of carbonyl (C=O) groups excluding carboxylic acids is 1. The van der Waals surface area contributed by atoms with Crippen LogP contribution < -0.4 is 19.5 Å². The lowest BCUT2D eigenvalue weighted by atomic mass is 10.1. The van der Waals surface area contributed by atoms with Crippen LogP contribution in [0.4, 0.5) is 0 Å². The molecule has 1 aliphatic heterocycles. The predicted molar refractivity (Wildman–Crippen MR) is 78.6 cm³/mol. The number of fused-ring (bicyclic) bond motifs is 1. The smallest absolute Gasteiger partial charge is 0.252 e. The third-order valence-electron chi connectivity index (χ3n) is 3.41. The van der Waals surface area contributed by atoms with E-state index in [-0.39, 0.29) is 11.9 Å². The highest BCUT2D eigenvalue weighted by molar-refractivity contribution is 5.95. The van der Waals surface area contributed by atoms with E-state index in [1.165, 1.54) is 7.11 Å². The molecule has 0 unspecified atom stereocenters. The highest BCUT2D eigenvalue weighted by Gasteiger charge is 2.22. The number of amides is 1. The first-order valence-corrected chi connectivity index (χ1v) is 7.01. The summed E-state index contributed by atoms with van der Waals surface area (Å²) in [6, 6.07) is 6.65. The van der Waals surface area contributed by atoms with E-state index in [0.29, 0.717) is 41.8 Å². The molecule has 1 amide bonds. The second kappa shape index (κ2) is 6.01. The number of nitrogens with one attached hydrogen (secondary N) is 1. The molecule has 3 rings (SSSR count). The lowest BCUT2D eigenvalue weighted by Gasteiger charge is -2.21. The minimum absolute atomic E-state index is 0.235. The van der Waals surface area contributed by atoms with Crippen molar-refractivity contribution in [1.29, 1.82) is 0 Å². The first-order chi connectivity index (χ1) is 10.7. The topological polar surface area (TPSA) is 69.9 Å². The Bertz CT molecular complexity index is 648. The highest BCUT2D eigenvalue weighted by Crippen LogP contribution is 2.40. The average Bonchev–Trinajstić information content (AvgIpc) is 3.08. The Morgan fingerprint density at radius 2 is 2.14 bits per heavy atom. The molecule has 0 saturated heterocycles. The molecular formula is C16H17NO5. The van der Waals surface area contributed by atoms with Crippen LogP contribution in [-0.4, -0.2) is 26.2 Å². The van der Waals surface area contributed by atoms with E-state index in [2.05, 4.69) is 5.32 Å². The van der Waals surface area contributed by atoms with E-state index in [0.717, 1.165) is 0 Å². The Labute approximate surface area is 128 Å². The van der Waals surface area contributed by atoms with Gasteiger partial charge in [0.05, 0.1) is 19.4 Å². The number of hydrogen-bond acceptors (Lipinski definition) is 5. The molecule has 0 spiro atoms. The average molecular weight is 303 g/mol. The third kappa shape index (κ3) is 2.72. The molecule has 6 heteroatoms. The van der Waals surface area contributed by atoms with Crippen molar-refractivity contribution in [2.75, 3.05) is 20.3 Å². The second-order valence-electron chi connectivity index (χ2n) is 4.91. The molecule has 0 fully saturated rings. The molecule has 1 aromatic carbocycles. The number of carbonyl (C=O) groups is 1. The number of rotatable bonds is 4. The van der Waals surface area contributed by atoms with E-state index < -0.39 is 0 Å². The van der Waals surface area contributed by atoms with Crippen LogP contribution in [0, 0.1) is 0 Å². The summed E-state index contributed by atoms with van der Waals surface area (Å²) in [5.74, 6) is 1.98. The zero-order valence-corrected chi connectivity index (χ0v) is 12.4. The molecule has 22 heavy (non-hydrogen) atoms. The maximum Gasteiger partial charge on any atom is 0.252 e. The van der Waals surface area contributed by atoms with E-state index >= 15 is 0 Å². The van der Waals surface area contributed by atoms with Crippen molar-refractivity contribution < 1.29 is 23.4 Å². The van der Waals surface area contributed by atoms with Crippen LogP contribution in [0.3, 0.4) is 0 Å². The molecular weight excluding hydrogens is 286 g/mol. The van der Waals surface area contributed by atoms with E-state index in [1.807, 2.05) is 13.0 Å².